The Morgan fingerprint density at radius 3 is 2.43 bits per heavy atom. The lowest BCUT2D eigenvalue weighted by molar-refractivity contribution is -0.153. The minimum Gasteiger partial charge on any atom is -0.481 e. The van der Waals surface area contributed by atoms with E-state index in [1.165, 1.54) is 12.1 Å². The van der Waals surface area contributed by atoms with Crippen molar-refractivity contribution >= 4 is 23.5 Å². The van der Waals surface area contributed by atoms with E-state index in [0.717, 1.165) is 0 Å². The lowest BCUT2D eigenvalue weighted by Gasteiger charge is -2.28. The number of primary amides is 1. The molecule has 0 aliphatic carbocycles. The Kier molecular flexibility index (Phi) is 5.07. The van der Waals surface area contributed by atoms with Crippen LogP contribution < -0.4 is 11.1 Å². The smallest absolute Gasteiger partial charge is 0.310 e. The van der Waals surface area contributed by atoms with Crippen molar-refractivity contribution in [1.82, 2.24) is 0 Å². The van der Waals surface area contributed by atoms with Gasteiger partial charge < -0.3 is 16.2 Å². The summed E-state index contributed by atoms with van der Waals surface area (Å²) in [5.41, 5.74) is 4.70. The van der Waals surface area contributed by atoms with Gasteiger partial charge in [-0.3, -0.25) is 14.4 Å². The largest absolute Gasteiger partial charge is 0.481 e. The molecule has 0 aromatic heterocycles. The summed E-state index contributed by atoms with van der Waals surface area (Å²) in [5, 5.41) is 11.9. The fraction of sp³-hybridized carbons (Fsp3) is 0.400. The van der Waals surface area contributed by atoms with Gasteiger partial charge >= 0.3 is 5.97 Å². The number of carbonyl (C=O) groups excluding carboxylic acids is 2. The first-order valence-corrected chi connectivity index (χ1v) is 6.60. The molecule has 1 aromatic rings. The molecule has 2 amide bonds. The maximum atomic E-state index is 12.0. The Hall–Kier alpha value is -2.37. The SMILES string of the molecule is CC(C)C(C)(CC(=O)Nc1cccc(C(N)=O)c1)C(=O)O. The zero-order chi connectivity index (χ0) is 16.2. The second-order valence-electron chi connectivity index (χ2n) is 5.55. The van der Waals surface area contributed by atoms with E-state index in [1.807, 2.05) is 0 Å². The standard InChI is InChI=1S/C15H20N2O4/c1-9(2)15(3,14(20)21)8-12(18)17-11-6-4-5-10(7-11)13(16)19/h4-7,9H,8H2,1-3H3,(H2,16,19)(H,17,18)(H,20,21). The van der Waals surface area contributed by atoms with Crippen LogP contribution in [0.5, 0.6) is 0 Å². The summed E-state index contributed by atoms with van der Waals surface area (Å²) >= 11 is 0. The molecule has 0 aliphatic rings. The van der Waals surface area contributed by atoms with E-state index in [-0.39, 0.29) is 17.9 Å². The van der Waals surface area contributed by atoms with Crippen LogP contribution in [0.4, 0.5) is 5.69 Å². The minimum atomic E-state index is -1.15. The zero-order valence-corrected chi connectivity index (χ0v) is 12.3. The predicted molar refractivity (Wildman–Crippen MR) is 78.8 cm³/mol. The first-order valence-electron chi connectivity index (χ1n) is 6.60. The first-order chi connectivity index (χ1) is 9.66. The van der Waals surface area contributed by atoms with Crippen molar-refractivity contribution < 1.29 is 19.5 Å². The van der Waals surface area contributed by atoms with E-state index < -0.39 is 23.2 Å². The van der Waals surface area contributed by atoms with Crippen molar-refractivity contribution in [3.63, 3.8) is 0 Å². The number of nitrogens with one attached hydrogen (secondary N) is 1. The molecule has 1 atom stereocenters. The van der Waals surface area contributed by atoms with E-state index >= 15 is 0 Å². The molecule has 21 heavy (non-hydrogen) atoms. The summed E-state index contributed by atoms with van der Waals surface area (Å²) in [6.07, 6.45) is -0.152. The van der Waals surface area contributed by atoms with E-state index in [1.54, 1.807) is 32.9 Å². The molecule has 0 heterocycles. The van der Waals surface area contributed by atoms with Gasteiger partial charge in [-0.25, -0.2) is 0 Å². The molecule has 4 N–H and O–H groups in total. The Balaban J connectivity index is 2.84. The van der Waals surface area contributed by atoms with Crippen LogP contribution >= 0.6 is 0 Å². The van der Waals surface area contributed by atoms with E-state index in [2.05, 4.69) is 5.32 Å². The van der Waals surface area contributed by atoms with Crippen LogP contribution in [0.1, 0.15) is 37.6 Å². The quantitative estimate of drug-likeness (QED) is 0.743. The van der Waals surface area contributed by atoms with Crippen LogP contribution in [0.15, 0.2) is 24.3 Å². The van der Waals surface area contributed by atoms with Crippen molar-refractivity contribution in [3.8, 4) is 0 Å². The molecular formula is C15H20N2O4. The number of amides is 2. The average Bonchev–Trinajstić information content (AvgIpc) is 2.38. The van der Waals surface area contributed by atoms with Crippen molar-refractivity contribution in [1.29, 1.82) is 0 Å². The molecule has 1 aromatic carbocycles. The van der Waals surface area contributed by atoms with Gasteiger partial charge in [0.15, 0.2) is 0 Å². The summed E-state index contributed by atoms with van der Waals surface area (Å²) in [5.74, 6) is -2.23. The summed E-state index contributed by atoms with van der Waals surface area (Å²) in [6, 6.07) is 6.19. The van der Waals surface area contributed by atoms with Crippen LogP contribution in [0.25, 0.3) is 0 Å². The van der Waals surface area contributed by atoms with Gasteiger partial charge in [0.1, 0.15) is 0 Å². The number of nitrogens with two attached hydrogens (primary N) is 1. The lowest BCUT2D eigenvalue weighted by Crippen LogP contribution is -2.37. The fourth-order valence-corrected chi connectivity index (χ4v) is 1.82. The number of hydrogen-bond donors (Lipinski definition) is 3. The normalized spacial score (nSPS) is 13.5. The highest BCUT2D eigenvalue weighted by atomic mass is 16.4. The van der Waals surface area contributed by atoms with Gasteiger partial charge in [0.05, 0.1) is 5.41 Å². The molecule has 0 aliphatic heterocycles. The van der Waals surface area contributed by atoms with Crippen LogP contribution in [-0.2, 0) is 9.59 Å². The van der Waals surface area contributed by atoms with Gasteiger partial charge in [-0.05, 0) is 31.0 Å². The first kappa shape index (κ1) is 16.7. The third-order valence-electron chi connectivity index (χ3n) is 3.72. The number of aliphatic carboxylic acids is 1. The summed E-state index contributed by atoms with van der Waals surface area (Å²) in [4.78, 5) is 34.5. The highest BCUT2D eigenvalue weighted by molar-refractivity contribution is 5.97. The van der Waals surface area contributed by atoms with Crippen molar-refractivity contribution in [2.24, 2.45) is 17.1 Å². The zero-order valence-electron chi connectivity index (χ0n) is 12.3. The number of carboxylic acids is 1. The number of anilines is 1. The second-order valence-corrected chi connectivity index (χ2v) is 5.55. The average molecular weight is 292 g/mol. The number of carbonyl (C=O) groups is 3. The molecule has 0 saturated heterocycles. The minimum absolute atomic E-state index is 0.152. The number of benzene rings is 1. The highest BCUT2D eigenvalue weighted by Crippen LogP contribution is 2.31. The maximum Gasteiger partial charge on any atom is 0.310 e. The Labute approximate surface area is 123 Å². The summed E-state index contributed by atoms with van der Waals surface area (Å²) in [7, 11) is 0. The fourth-order valence-electron chi connectivity index (χ4n) is 1.82. The van der Waals surface area contributed by atoms with Crippen molar-refractivity contribution in [2.75, 3.05) is 5.32 Å². The van der Waals surface area contributed by atoms with E-state index in [4.69, 9.17) is 5.73 Å². The van der Waals surface area contributed by atoms with Crippen molar-refractivity contribution in [2.45, 2.75) is 27.2 Å². The Morgan fingerprint density at radius 1 is 1.33 bits per heavy atom. The topological polar surface area (TPSA) is 109 Å². The Morgan fingerprint density at radius 2 is 1.95 bits per heavy atom. The van der Waals surface area contributed by atoms with E-state index in [0.29, 0.717) is 5.69 Å². The monoisotopic (exact) mass is 292 g/mol. The number of hydrogen-bond acceptors (Lipinski definition) is 3. The molecule has 0 fully saturated rings. The molecule has 6 nitrogen and oxygen atoms in total. The highest BCUT2D eigenvalue weighted by Gasteiger charge is 2.38. The Bertz CT molecular complexity index is 569. The number of carboxylic acid groups (broad SMARTS) is 1. The van der Waals surface area contributed by atoms with Crippen molar-refractivity contribution in [3.05, 3.63) is 29.8 Å². The molecule has 0 saturated carbocycles. The van der Waals surface area contributed by atoms with E-state index in [9.17, 15) is 19.5 Å². The van der Waals surface area contributed by atoms with Gasteiger partial charge in [-0.1, -0.05) is 19.9 Å². The van der Waals surface area contributed by atoms with Crippen LogP contribution in [0, 0.1) is 11.3 Å². The van der Waals surface area contributed by atoms with Gasteiger partial charge in [0, 0.05) is 17.7 Å². The van der Waals surface area contributed by atoms with Crippen LogP contribution in [0.3, 0.4) is 0 Å². The second kappa shape index (κ2) is 6.39. The summed E-state index contributed by atoms with van der Waals surface area (Å²) < 4.78 is 0. The predicted octanol–water partition coefficient (Wildman–Crippen LogP) is 1.86. The molecule has 114 valence electrons. The van der Waals surface area contributed by atoms with Crippen LogP contribution in [-0.4, -0.2) is 22.9 Å². The van der Waals surface area contributed by atoms with Crippen LogP contribution in [0.2, 0.25) is 0 Å². The molecule has 1 unspecified atom stereocenters. The number of rotatable bonds is 6. The molecule has 6 heteroatoms. The molecular weight excluding hydrogens is 272 g/mol. The molecule has 1 rings (SSSR count). The third kappa shape index (κ3) is 4.05. The van der Waals surface area contributed by atoms with Gasteiger partial charge in [-0.15, -0.1) is 0 Å². The van der Waals surface area contributed by atoms with Gasteiger partial charge in [0.2, 0.25) is 11.8 Å². The lowest BCUT2D eigenvalue weighted by atomic mass is 9.76. The molecule has 0 bridgehead atoms. The summed E-state index contributed by atoms with van der Waals surface area (Å²) in [6.45, 7) is 5.06. The van der Waals surface area contributed by atoms with Gasteiger partial charge in [0.25, 0.3) is 0 Å². The third-order valence-corrected chi connectivity index (χ3v) is 3.72. The maximum absolute atomic E-state index is 12.0. The van der Waals surface area contributed by atoms with Gasteiger partial charge in [-0.2, -0.15) is 0 Å². The molecule has 0 radical (unpaired) electrons. The molecule has 0 spiro atoms.